The average molecular weight is 246 g/mol. The summed E-state index contributed by atoms with van der Waals surface area (Å²) in [5.74, 6) is 0.124. The van der Waals surface area contributed by atoms with Crippen molar-refractivity contribution in [3.8, 4) is 0 Å². The summed E-state index contributed by atoms with van der Waals surface area (Å²) < 4.78 is 0. The van der Waals surface area contributed by atoms with Gasteiger partial charge in [0.2, 0.25) is 5.91 Å². The number of carbonyl (C=O) groups is 2. The minimum absolute atomic E-state index is 0.0627. The van der Waals surface area contributed by atoms with E-state index in [1.165, 1.54) is 5.56 Å². The number of carbonyl (C=O) groups excluding carboxylic acids is 2. The van der Waals surface area contributed by atoms with E-state index in [2.05, 4.69) is 17.8 Å². The van der Waals surface area contributed by atoms with Gasteiger partial charge in [0.05, 0.1) is 0 Å². The normalized spacial score (nSPS) is 21.2. The Kier molecular flexibility index (Phi) is 3.65. The highest BCUT2D eigenvalue weighted by Crippen LogP contribution is 2.37. The molecule has 1 aromatic rings. The van der Waals surface area contributed by atoms with Crippen molar-refractivity contribution < 1.29 is 9.59 Å². The van der Waals surface area contributed by atoms with Crippen molar-refractivity contribution in [2.24, 2.45) is 11.8 Å². The monoisotopic (exact) mass is 246 g/mol. The van der Waals surface area contributed by atoms with Crippen LogP contribution in [-0.4, -0.2) is 11.8 Å². The van der Waals surface area contributed by atoms with Gasteiger partial charge in [-0.05, 0) is 36.5 Å². The fourth-order valence-corrected chi connectivity index (χ4v) is 1.86. The smallest absolute Gasteiger partial charge is 0.269 e. The van der Waals surface area contributed by atoms with Crippen LogP contribution in [0.5, 0.6) is 0 Å². The van der Waals surface area contributed by atoms with Gasteiger partial charge < -0.3 is 0 Å². The molecule has 18 heavy (non-hydrogen) atoms. The van der Waals surface area contributed by atoms with Crippen LogP contribution >= 0.6 is 0 Å². The van der Waals surface area contributed by atoms with E-state index in [-0.39, 0.29) is 17.7 Å². The van der Waals surface area contributed by atoms with Crippen molar-refractivity contribution in [1.29, 1.82) is 0 Å². The van der Waals surface area contributed by atoms with Crippen LogP contribution in [0.2, 0.25) is 0 Å². The summed E-state index contributed by atoms with van der Waals surface area (Å²) >= 11 is 0. The molecule has 1 aliphatic carbocycles. The van der Waals surface area contributed by atoms with Crippen molar-refractivity contribution in [3.63, 3.8) is 0 Å². The predicted molar refractivity (Wildman–Crippen MR) is 68.7 cm³/mol. The van der Waals surface area contributed by atoms with Crippen LogP contribution in [0.15, 0.2) is 24.3 Å². The molecule has 0 aromatic heterocycles. The van der Waals surface area contributed by atoms with Gasteiger partial charge in [-0.3, -0.25) is 20.4 Å². The van der Waals surface area contributed by atoms with Gasteiger partial charge >= 0.3 is 0 Å². The summed E-state index contributed by atoms with van der Waals surface area (Å²) in [6, 6.07) is 7.36. The molecule has 2 atom stereocenters. The summed E-state index contributed by atoms with van der Waals surface area (Å²) in [6.07, 6.45) is 1.85. The van der Waals surface area contributed by atoms with Crippen LogP contribution in [0, 0.1) is 11.8 Å². The van der Waals surface area contributed by atoms with Crippen molar-refractivity contribution >= 4 is 11.8 Å². The number of nitrogens with one attached hydrogen (secondary N) is 2. The number of rotatable bonds is 3. The largest absolute Gasteiger partial charge is 0.273 e. The summed E-state index contributed by atoms with van der Waals surface area (Å²) in [4.78, 5) is 23.3. The Hall–Kier alpha value is -1.84. The highest BCUT2D eigenvalue weighted by Gasteiger charge is 2.39. The lowest BCUT2D eigenvalue weighted by Crippen LogP contribution is -2.42. The van der Waals surface area contributed by atoms with Gasteiger partial charge in [-0.2, -0.15) is 0 Å². The van der Waals surface area contributed by atoms with Crippen LogP contribution in [-0.2, 0) is 11.2 Å². The van der Waals surface area contributed by atoms with E-state index in [0.717, 1.165) is 12.8 Å². The second-order valence-corrected chi connectivity index (χ2v) is 4.81. The lowest BCUT2D eigenvalue weighted by Gasteiger charge is -2.07. The maximum atomic E-state index is 11.7. The predicted octanol–water partition coefficient (Wildman–Crippen LogP) is 1.67. The molecule has 0 bridgehead atoms. The van der Waals surface area contributed by atoms with Crippen LogP contribution in [0.3, 0.4) is 0 Å². The molecule has 2 N–H and O–H groups in total. The lowest BCUT2D eigenvalue weighted by atomic mass is 10.1. The van der Waals surface area contributed by atoms with E-state index in [1.807, 2.05) is 19.1 Å². The molecule has 4 heteroatoms. The molecule has 2 rings (SSSR count). The van der Waals surface area contributed by atoms with Gasteiger partial charge in [0.25, 0.3) is 5.91 Å². The number of hydrogen-bond acceptors (Lipinski definition) is 2. The maximum absolute atomic E-state index is 11.7. The van der Waals surface area contributed by atoms with Crippen molar-refractivity contribution in [2.45, 2.75) is 26.7 Å². The van der Waals surface area contributed by atoms with E-state index < -0.39 is 0 Å². The van der Waals surface area contributed by atoms with E-state index in [1.54, 1.807) is 12.1 Å². The second-order valence-electron chi connectivity index (χ2n) is 4.81. The molecule has 96 valence electrons. The van der Waals surface area contributed by atoms with Gasteiger partial charge in [-0.15, -0.1) is 0 Å². The molecule has 0 spiro atoms. The Balaban J connectivity index is 1.85. The standard InChI is InChI=1S/C14H18N2O2/c1-3-10-4-6-11(7-5-10)13(17)15-16-14(18)12-8-9(12)2/h4-7,9,12H,3,8H2,1-2H3,(H,15,17)(H,16,18)/t9-,12-/m1/s1. The SMILES string of the molecule is CCc1ccc(C(=O)NNC(=O)[C@@H]2C[C@H]2C)cc1. The first-order valence-corrected chi connectivity index (χ1v) is 6.31. The number of hydrazine groups is 1. The third-order valence-corrected chi connectivity index (χ3v) is 3.37. The first-order valence-electron chi connectivity index (χ1n) is 6.31. The van der Waals surface area contributed by atoms with Crippen molar-refractivity contribution in [2.75, 3.05) is 0 Å². The van der Waals surface area contributed by atoms with E-state index >= 15 is 0 Å². The minimum Gasteiger partial charge on any atom is -0.273 e. The van der Waals surface area contributed by atoms with Crippen molar-refractivity contribution in [3.05, 3.63) is 35.4 Å². The molecule has 0 unspecified atom stereocenters. The number of amides is 2. The molecule has 1 saturated carbocycles. The van der Waals surface area contributed by atoms with E-state index in [0.29, 0.717) is 11.5 Å². The van der Waals surface area contributed by atoms with Gasteiger partial charge in [-0.25, -0.2) is 0 Å². The molecule has 0 aliphatic heterocycles. The molecule has 1 fully saturated rings. The Bertz CT molecular complexity index is 453. The van der Waals surface area contributed by atoms with Gasteiger partial charge in [0.15, 0.2) is 0 Å². The molecular formula is C14H18N2O2. The average Bonchev–Trinajstić information content (AvgIpc) is 3.13. The van der Waals surface area contributed by atoms with Crippen LogP contribution < -0.4 is 10.9 Å². The van der Waals surface area contributed by atoms with Crippen molar-refractivity contribution in [1.82, 2.24) is 10.9 Å². The van der Waals surface area contributed by atoms with E-state index in [4.69, 9.17) is 0 Å². The minimum atomic E-state index is -0.278. The lowest BCUT2D eigenvalue weighted by molar-refractivity contribution is -0.123. The summed E-state index contributed by atoms with van der Waals surface area (Å²) in [5.41, 5.74) is 6.64. The number of aryl methyl sites for hydroxylation is 1. The highest BCUT2D eigenvalue weighted by atomic mass is 16.2. The zero-order valence-corrected chi connectivity index (χ0v) is 10.7. The van der Waals surface area contributed by atoms with E-state index in [9.17, 15) is 9.59 Å². The molecule has 0 heterocycles. The Labute approximate surface area is 107 Å². The van der Waals surface area contributed by atoms with Gasteiger partial charge in [0.1, 0.15) is 0 Å². The Morgan fingerprint density at radius 1 is 1.22 bits per heavy atom. The first kappa shape index (κ1) is 12.6. The molecule has 2 amide bonds. The molecule has 0 saturated heterocycles. The zero-order valence-electron chi connectivity index (χ0n) is 10.7. The highest BCUT2D eigenvalue weighted by molar-refractivity contribution is 5.95. The molecule has 1 aliphatic rings. The third kappa shape index (κ3) is 2.88. The quantitative estimate of drug-likeness (QED) is 0.797. The molecule has 1 aromatic carbocycles. The summed E-state index contributed by atoms with van der Waals surface area (Å²) in [7, 11) is 0. The molecular weight excluding hydrogens is 228 g/mol. The Morgan fingerprint density at radius 2 is 1.83 bits per heavy atom. The Morgan fingerprint density at radius 3 is 2.33 bits per heavy atom. The third-order valence-electron chi connectivity index (χ3n) is 3.37. The van der Waals surface area contributed by atoms with Crippen LogP contribution in [0.4, 0.5) is 0 Å². The zero-order chi connectivity index (χ0) is 13.1. The fraction of sp³-hybridized carbons (Fsp3) is 0.429. The summed E-state index contributed by atoms with van der Waals surface area (Å²) in [6.45, 7) is 4.08. The van der Waals surface area contributed by atoms with Gasteiger partial charge in [0, 0.05) is 11.5 Å². The maximum Gasteiger partial charge on any atom is 0.269 e. The first-order chi connectivity index (χ1) is 8.61. The molecule has 4 nitrogen and oxygen atoms in total. The fourth-order valence-electron chi connectivity index (χ4n) is 1.86. The second kappa shape index (κ2) is 5.21. The number of hydrogen-bond donors (Lipinski definition) is 2. The topological polar surface area (TPSA) is 58.2 Å². The summed E-state index contributed by atoms with van der Waals surface area (Å²) in [5, 5.41) is 0. The number of benzene rings is 1. The van der Waals surface area contributed by atoms with Crippen LogP contribution in [0.1, 0.15) is 36.2 Å². The molecule has 0 radical (unpaired) electrons. The van der Waals surface area contributed by atoms with Crippen LogP contribution in [0.25, 0.3) is 0 Å². The van der Waals surface area contributed by atoms with Gasteiger partial charge in [-0.1, -0.05) is 26.0 Å².